The van der Waals surface area contributed by atoms with Gasteiger partial charge in [0.05, 0.1) is 36.4 Å². The zero-order valence-corrected chi connectivity index (χ0v) is 25.6. The van der Waals surface area contributed by atoms with Crippen molar-refractivity contribution in [2.24, 2.45) is 0 Å². The van der Waals surface area contributed by atoms with Crippen LogP contribution in [0.3, 0.4) is 0 Å². The van der Waals surface area contributed by atoms with Gasteiger partial charge in [-0.2, -0.15) is 0 Å². The molecule has 0 saturated carbocycles. The lowest BCUT2D eigenvalue weighted by Crippen LogP contribution is -2.23. The topological polar surface area (TPSA) is 110 Å². The Morgan fingerprint density at radius 3 is 2.45 bits per heavy atom. The minimum absolute atomic E-state index is 0.0415. The van der Waals surface area contributed by atoms with E-state index < -0.39 is 50.7 Å². The summed E-state index contributed by atoms with van der Waals surface area (Å²) in [6.07, 6.45) is 0.538. The Labute approximate surface area is 268 Å². The highest BCUT2D eigenvalue weighted by molar-refractivity contribution is 7.91. The van der Waals surface area contributed by atoms with Crippen molar-refractivity contribution in [2.45, 2.75) is 37.5 Å². The van der Waals surface area contributed by atoms with E-state index in [0.717, 1.165) is 10.6 Å². The van der Waals surface area contributed by atoms with E-state index >= 15 is 0 Å². The minimum atomic E-state index is -4.23. The van der Waals surface area contributed by atoms with Gasteiger partial charge in [-0.25, -0.2) is 31.6 Å². The lowest BCUT2D eigenvalue weighted by atomic mass is 10.1. The highest BCUT2D eigenvalue weighted by atomic mass is 32.2. The Morgan fingerprint density at radius 1 is 0.894 bits per heavy atom. The van der Waals surface area contributed by atoms with Gasteiger partial charge in [-0.15, -0.1) is 0 Å². The second-order valence-corrected chi connectivity index (χ2v) is 12.8. The van der Waals surface area contributed by atoms with Crippen LogP contribution >= 0.6 is 0 Å². The summed E-state index contributed by atoms with van der Waals surface area (Å²) in [6, 6.07) is 22.1. The predicted octanol–water partition coefficient (Wildman–Crippen LogP) is 5.95. The van der Waals surface area contributed by atoms with Crippen LogP contribution in [0.25, 0.3) is 11.3 Å². The molecule has 5 aromatic rings. The average Bonchev–Trinajstić information content (AvgIpc) is 3.56. The van der Waals surface area contributed by atoms with Gasteiger partial charge in [0.2, 0.25) is 21.8 Å². The molecule has 9 nitrogen and oxygen atoms in total. The van der Waals surface area contributed by atoms with Crippen molar-refractivity contribution < 1.29 is 35.8 Å². The largest absolute Gasteiger partial charge is 0.454 e. The molecule has 1 atom stereocenters. The van der Waals surface area contributed by atoms with Crippen LogP contribution in [-0.2, 0) is 34.4 Å². The fourth-order valence-corrected chi connectivity index (χ4v) is 6.30. The Kier molecular flexibility index (Phi) is 9.36. The highest BCUT2D eigenvalue weighted by Crippen LogP contribution is 2.33. The molecule has 0 spiro atoms. The number of hydrogen-bond acceptors (Lipinski definition) is 8. The maximum atomic E-state index is 14.9. The number of aromatic nitrogens is 3. The molecule has 1 aliphatic rings. The zero-order chi connectivity index (χ0) is 33.0. The molecular weight excluding hydrogens is 635 g/mol. The smallest absolute Gasteiger partial charge is 0.286 e. The summed E-state index contributed by atoms with van der Waals surface area (Å²) in [6.45, 7) is -1.19. The number of fused-ring (bicyclic) bond motifs is 1. The molecule has 0 radical (unpaired) electrons. The van der Waals surface area contributed by atoms with Gasteiger partial charge in [-0.1, -0.05) is 54.6 Å². The molecule has 1 unspecified atom stereocenters. The first kappa shape index (κ1) is 32.0. The molecule has 0 fully saturated rings. The summed E-state index contributed by atoms with van der Waals surface area (Å²) >= 11 is 0. The SMILES string of the molecule is O=c1c(F)cc(-c2cc(CF)nc(S(=O)(=O)CCC(OCc3ccccc3F)c3ccccc3)n2)cn1Cc1ccc2c(c1)OCO2. The molecule has 0 bridgehead atoms. The van der Waals surface area contributed by atoms with Crippen LogP contribution in [0.1, 0.15) is 34.9 Å². The van der Waals surface area contributed by atoms with Crippen molar-refractivity contribution in [3.63, 3.8) is 0 Å². The maximum Gasteiger partial charge on any atom is 0.286 e. The van der Waals surface area contributed by atoms with Crippen LogP contribution in [0.15, 0.2) is 101 Å². The van der Waals surface area contributed by atoms with E-state index in [1.807, 2.05) is 0 Å². The molecule has 13 heteroatoms. The summed E-state index contributed by atoms with van der Waals surface area (Å²) in [4.78, 5) is 20.8. The van der Waals surface area contributed by atoms with Crippen LogP contribution in [0.2, 0.25) is 0 Å². The van der Waals surface area contributed by atoms with Gasteiger partial charge in [0.25, 0.3) is 5.56 Å². The molecule has 0 aliphatic carbocycles. The summed E-state index contributed by atoms with van der Waals surface area (Å²) in [5.74, 6) is -1.02. The highest BCUT2D eigenvalue weighted by Gasteiger charge is 2.25. The Morgan fingerprint density at radius 2 is 1.66 bits per heavy atom. The van der Waals surface area contributed by atoms with Crippen molar-refractivity contribution in [1.82, 2.24) is 14.5 Å². The van der Waals surface area contributed by atoms with Gasteiger partial charge in [0.1, 0.15) is 12.5 Å². The number of halogens is 3. The van der Waals surface area contributed by atoms with Crippen molar-refractivity contribution in [3.8, 4) is 22.8 Å². The van der Waals surface area contributed by atoms with Gasteiger partial charge < -0.3 is 18.8 Å². The number of benzene rings is 3. The second-order valence-electron chi connectivity index (χ2n) is 10.8. The first-order chi connectivity index (χ1) is 22.7. The van der Waals surface area contributed by atoms with E-state index in [4.69, 9.17) is 14.2 Å². The molecule has 0 N–H and O–H groups in total. The quantitative estimate of drug-likeness (QED) is 0.151. The van der Waals surface area contributed by atoms with Crippen LogP contribution in [0.5, 0.6) is 11.5 Å². The zero-order valence-electron chi connectivity index (χ0n) is 24.8. The maximum absolute atomic E-state index is 14.9. The number of ether oxygens (including phenoxy) is 3. The normalized spacial score (nSPS) is 13.1. The number of alkyl halides is 1. The van der Waals surface area contributed by atoms with Gasteiger partial charge in [0.15, 0.2) is 17.3 Å². The average molecular weight is 664 g/mol. The number of sulfone groups is 1. The molecule has 6 rings (SSSR count). The summed E-state index contributed by atoms with van der Waals surface area (Å²) < 4.78 is 88.0. The summed E-state index contributed by atoms with van der Waals surface area (Å²) in [5.41, 5.74) is 0.421. The molecule has 47 heavy (non-hydrogen) atoms. The standard InChI is InChI=1S/C34H28F3N3O6S/c35-17-26-16-29(25-15-28(37)33(41)40(19-25)18-22-10-11-31-32(14-22)46-21-45-31)39-34(38-26)47(42,43)13-12-30(23-6-2-1-3-7-23)44-20-24-8-4-5-9-27(24)36/h1-11,14-16,19,30H,12-13,17-18,20-21H2. The first-order valence-corrected chi connectivity index (χ1v) is 16.2. The number of hydrogen-bond donors (Lipinski definition) is 0. The second kappa shape index (κ2) is 13.8. The third kappa shape index (κ3) is 7.36. The predicted molar refractivity (Wildman–Crippen MR) is 165 cm³/mol. The van der Waals surface area contributed by atoms with Crippen LogP contribution in [-0.4, -0.2) is 35.5 Å². The molecule has 0 saturated heterocycles. The Balaban J connectivity index is 1.26. The van der Waals surface area contributed by atoms with E-state index in [1.165, 1.54) is 18.3 Å². The van der Waals surface area contributed by atoms with Crippen LogP contribution in [0, 0.1) is 11.6 Å². The number of pyridine rings is 1. The van der Waals surface area contributed by atoms with E-state index in [1.54, 1.807) is 66.7 Å². The molecule has 3 aromatic carbocycles. The third-order valence-electron chi connectivity index (χ3n) is 7.52. The van der Waals surface area contributed by atoms with Crippen molar-refractivity contribution in [1.29, 1.82) is 0 Å². The summed E-state index contributed by atoms with van der Waals surface area (Å²) in [7, 11) is -4.23. The van der Waals surface area contributed by atoms with Crippen molar-refractivity contribution >= 4 is 9.84 Å². The van der Waals surface area contributed by atoms with Crippen molar-refractivity contribution in [3.05, 3.63) is 135 Å². The fourth-order valence-electron chi connectivity index (χ4n) is 5.09. The van der Waals surface area contributed by atoms with E-state index in [2.05, 4.69) is 9.97 Å². The molecular formula is C34H28F3N3O6S. The third-order valence-corrected chi connectivity index (χ3v) is 9.03. The van der Waals surface area contributed by atoms with Gasteiger partial charge >= 0.3 is 0 Å². The monoisotopic (exact) mass is 663 g/mol. The first-order valence-electron chi connectivity index (χ1n) is 14.6. The molecule has 0 amide bonds. The van der Waals surface area contributed by atoms with Crippen LogP contribution < -0.4 is 15.0 Å². The molecule has 242 valence electrons. The van der Waals surface area contributed by atoms with E-state index in [0.29, 0.717) is 28.2 Å². The van der Waals surface area contributed by atoms with E-state index in [-0.39, 0.29) is 43.3 Å². The lowest BCUT2D eigenvalue weighted by molar-refractivity contribution is 0.0361. The number of rotatable bonds is 12. The van der Waals surface area contributed by atoms with Gasteiger partial charge in [0, 0.05) is 17.3 Å². The Hall–Kier alpha value is -5.01. The number of nitrogens with zero attached hydrogens (tertiary/aromatic N) is 3. The van der Waals surface area contributed by atoms with Crippen LogP contribution in [0.4, 0.5) is 13.2 Å². The van der Waals surface area contributed by atoms with Crippen molar-refractivity contribution in [2.75, 3.05) is 12.5 Å². The molecule has 3 heterocycles. The fraction of sp³-hybridized carbons (Fsp3) is 0.206. The molecule has 1 aliphatic heterocycles. The Bertz CT molecular complexity index is 2080. The lowest BCUT2D eigenvalue weighted by Gasteiger charge is -2.19. The van der Waals surface area contributed by atoms with Gasteiger partial charge in [-0.3, -0.25) is 4.79 Å². The molecule has 2 aromatic heterocycles. The van der Waals surface area contributed by atoms with Gasteiger partial charge in [-0.05, 0) is 47.9 Å². The minimum Gasteiger partial charge on any atom is -0.454 e. The summed E-state index contributed by atoms with van der Waals surface area (Å²) in [5, 5.41) is -0.655. The van der Waals surface area contributed by atoms with E-state index in [9.17, 15) is 26.4 Å².